The van der Waals surface area contributed by atoms with Crippen LogP contribution in [0.25, 0.3) is 11.2 Å². The van der Waals surface area contributed by atoms with Crippen LogP contribution < -0.4 is 16.6 Å². The molecule has 2 fully saturated rings. The second-order valence-electron chi connectivity index (χ2n) is 9.14. The van der Waals surface area contributed by atoms with Crippen LogP contribution in [0.1, 0.15) is 31.2 Å². The van der Waals surface area contributed by atoms with Crippen LogP contribution in [0.15, 0.2) is 33.1 Å². The number of anilines is 1. The normalized spacial score (nSPS) is 15.8. The number of nitrogens with zero attached hydrogens (tertiary/aromatic N) is 5. The van der Waals surface area contributed by atoms with Crippen molar-refractivity contribution in [1.82, 2.24) is 23.7 Å². The summed E-state index contributed by atoms with van der Waals surface area (Å²) in [5, 5.41) is 3.11. The van der Waals surface area contributed by atoms with E-state index >= 15 is 0 Å². The molecule has 3 heterocycles. The van der Waals surface area contributed by atoms with Crippen LogP contribution in [0, 0.1) is 23.7 Å². The van der Waals surface area contributed by atoms with Gasteiger partial charge in [-0.3, -0.25) is 13.9 Å². The van der Waals surface area contributed by atoms with Crippen LogP contribution in [0.2, 0.25) is 0 Å². The maximum atomic E-state index is 12.9. The van der Waals surface area contributed by atoms with Gasteiger partial charge in [0.1, 0.15) is 5.82 Å². The van der Waals surface area contributed by atoms with E-state index in [0.717, 1.165) is 35.3 Å². The maximum Gasteiger partial charge on any atom is 0.333 e. The summed E-state index contributed by atoms with van der Waals surface area (Å²) in [6.45, 7) is 0.844. The Balaban J connectivity index is 1.49. The van der Waals surface area contributed by atoms with Crippen molar-refractivity contribution in [2.24, 2.45) is 25.9 Å². The number of sulfone groups is 1. The molecular formula is C23H26N6O4S. The highest BCUT2D eigenvalue weighted by atomic mass is 32.2. The Kier molecular flexibility index (Phi) is 5.56. The molecule has 2 saturated carbocycles. The Bertz CT molecular complexity index is 1560. The molecule has 10 nitrogen and oxygen atoms in total. The maximum absolute atomic E-state index is 12.9. The molecule has 0 unspecified atom stereocenters. The summed E-state index contributed by atoms with van der Waals surface area (Å²) in [6, 6.07) is 3.62. The lowest BCUT2D eigenvalue weighted by Gasteiger charge is -2.06. The molecular weight excluding hydrogens is 456 g/mol. The van der Waals surface area contributed by atoms with Gasteiger partial charge in [0.05, 0.1) is 12.3 Å². The summed E-state index contributed by atoms with van der Waals surface area (Å²) in [6.07, 6.45) is 5.90. The number of nitrogens with one attached hydrogen (secondary N) is 1. The van der Waals surface area contributed by atoms with Gasteiger partial charge in [-0.25, -0.2) is 18.2 Å². The largest absolute Gasteiger partial charge is 0.370 e. The van der Waals surface area contributed by atoms with E-state index in [1.807, 2.05) is 6.07 Å². The number of rotatable bonds is 7. The third kappa shape index (κ3) is 4.37. The zero-order valence-corrected chi connectivity index (χ0v) is 19.9. The van der Waals surface area contributed by atoms with Gasteiger partial charge in [0.25, 0.3) is 5.56 Å². The van der Waals surface area contributed by atoms with Crippen molar-refractivity contribution in [2.45, 2.75) is 37.4 Å². The minimum absolute atomic E-state index is 0.00628. The van der Waals surface area contributed by atoms with E-state index in [1.165, 1.54) is 36.1 Å². The lowest BCUT2D eigenvalue weighted by molar-refractivity contribution is 0.576. The topological polar surface area (TPSA) is 121 Å². The molecule has 0 aliphatic heterocycles. The monoisotopic (exact) mass is 482 g/mol. The third-order valence-electron chi connectivity index (χ3n) is 6.25. The van der Waals surface area contributed by atoms with Gasteiger partial charge in [0, 0.05) is 32.4 Å². The number of pyridine rings is 1. The highest BCUT2D eigenvalue weighted by Gasteiger charge is 2.33. The average Bonchev–Trinajstić information content (AvgIpc) is 3.73. The molecule has 0 amide bonds. The lowest BCUT2D eigenvalue weighted by Crippen LogP contribution is -2.38. The number of imidazole rings is 1. The second kappa shape index (κ2) is 8.43. The standard InChI is InChI=1S/C23H26N6O4S/c1-27-19-20(26-22(27)34(32,33)14-17-7-8-17)29(23(31)28(2)21(19)30)11-3-4-15-9-10-24-18(12-15)25-13-16-5-6-16/h9-10,12,16-17H,5-8,11,13-14H2,1-2H3,(H,24,25). The first kappa shape index (κ1) is 22.4. The Morgan fingerprint density at radius 3 is 2.56 bits per heavy atom. The molecule has 1 N–H and O–H groups in total. The van der Waals surface area contributed by atoms with Crippen LogP contribution >= 0.6 is 0 Å². The van der Waals surface area contributed by atoms with Crippen molar-refractivity contribution in [3.05, 3.63) is 44.7 Å². The van der Waals surface area contributed by atoms with Crippen LogP contribution in [-0.2, 0) is 30.5 Å². The molecule has 2 aliphatic rings. The fourth-order valence-corrected chi connectivity index (χ4v) is 5.73. The van der Waals surface area contributed by atoms with E-state index in [9.17, 15) is 18.0 Å². The zero-order valence-electron chi connectivity index (χ0n) is 19.1. The summed E-state index contributed by atoms with van der Waals surface area (Å²) in [5.41, 5.74) is -0.365. The molecule has 11 heteroatoms. The Hall–Kier alpha value is -3.39. The fraction of sp³-hybridized carbons (Fsp3) is 0.478. The van der Waals surface area contributed by atoms with Crippen LogP contribution in [0.4, 0.5) is 5.82 Å². The molecule has 0 spiro atoms. The summed E-state index contributed by atoms with van der Waals surface area (Å²) >= 11 is 0. The Morgan fingerprint density at radius 1 is 1.12 bits per heavy atom. The Morgan fingerprint density at radius 2 is 1.85 bits per heavy atom. The Labute approximate surface area is 196 Å². The molecule has 0 bridgehead atoms. The van der Waals surface area contributed by atoms with Crippen molar-refractivity contribution in [2.75, 3.05) is 17.6 Å². The number of fused-ring (bicyclic) bond motifs is 1. The highest BCUT2D eigenvalue weighted by Crippen LogP contribution is 2.32. The minimum Gasteiger partial charge on any atom is -0.370 e. The summed E-state index contributed by atoms with van der Waals surface area (Å²) < 4.78 is 29.2. The molecule has 0 aromatic carbocycles. The van der Waals surface area contributed by atoms with Gasteiger partial charge in [-0.1, -0.05) is 11.8 Å². The van der Waals surface area contributed by atoms with Gasteiger partial charge in [-0.15, -0.1) is 0 Å². The van der Waals surface area contributed by atoms with Crippen LogP contribution in [0.5, 0.6) is 0 Å². The van der Waals surface area contributed by atoms with E-state index in [2.05, 4.69) is 27.1 Å². The van der Waals surface area contributed by atoms with Gasteiger partial charge < -0.3 is 9.88 Å². The summed E-state index contributed by atoms with van der Waals surface area (Å²) in [7, 11) is -0.834. The second-order valence-corrected chi connectivity index (χ2v) is 11.1. The van der Waals surface area contributed by atoms with E-state index in [0.29, 0.717) is 5.92 Å². The molecule has 5 rings (SSSR count). The smallest absolute Gasteiger partial charge is 0.333 e. The first-order chi connectivity index (χ1) is 16.2. The van der Waals surface area contributed by atoms with E-state index in [4.69, 9.17) is 0 Å². The summed E-state index contributed by atoms with van der Waals surface area (Å²) in [5.74, 6) is 7.56. The lowest BCUT2D eigenvalue weighted by atomic mass is 10.2. The third-order valence-corrected chi connectivity index (χ3v) is 8.08. The molecule has 3 aromatic heterocycles. The number of hydrogen-bond acceptors (Lipinski definition) is 7. The summed E-state index contributed by atoms with van der Waals surface area (Å²) in [4.78, 5) is 34.2. The highest BCUT2D eigenvalue weighted by molar-refractivity contribution is 7.91. The van der Waals surface area contributed by atoms with Crippen molar-refractivity contribution >= 4 is 26.8 Å². The van der Waals surface area contributed by atoms with Gasteiger partial charge >= 0.3 is 5.69 Å². The molecule has 2 aliphatic carbocycles. The van der Waals surface area contributed by atoms with Crippen molar-refractivity contribution < 1.29 is 8.42 Å². The van der Waals surface area contributed by atoms with Gasteiger partial charge in [0.2, 0.25) is 15.0 Å². The van der Waals surface area contributed by atoms with Crippen LogP contribution in [0.3, 0.4) is 0 Å². The fourth-order valence-electron chi connectivity index (χ4n) is 3.90. The van der Waals surface area contributed by atoms with E-state index < -0.39 is 21.1 Å². The van der Waals surface area contributed by atoms with Crippen molar-refractivity contribution in [3.8, 4) is 11.8 Å². The van der Waals surface area contributed by atoms with Gasteiger partial charge in [0.15, 0.2) is 11.2 Å². The van der Waals surface area contributed by atoms with Crippen LogP contribution in [-0.4, -0.2) is 44.4 Å². The average molecular weight is 483 g/mol. The molecule has 34 heavy (non-hydrogen) atoms. The molecule has 3 aromatic rings. The quantitative estimate of drug-likeness (QED) is 0.497. The first-order valence-electron chi connectivity index (χ1n) is 11.3. The molecule has 178 valence electrons. The first-order valence-corrected chi connectivity index (χ1v) is 13.0. The van der Waals surface area contributed by atoms with Gasteiger partial charge in [-0.2, -0.15) is 4.98 Å². The predicted molar refractivity (Wildman–Crippen MR) is 127 cm³/mol. The van der Waals surface area contributed by atoms with E-state index in [1.54, 1.807) is 12.3 Å². The number of aryl methyl sites for hydroxylation is 1. The van der Waals surface area contributed by atoms with Gasteiger partial charge in [-0.05, 0) is 49.7 Å². The van der Waals surface area contributed by atoms with E-state index in [-0.39, 0.29) is 34.5 Å². The molecule has 0 radical (unpaired) electrons. The number of aromatic nitrogens is 5. The van der Waals surface area contributed by atoms with Crippen molar-refractivity contribution in [1.29, 1.82) is 0 Å². The minimum atomic E-state index is -3.69. The predicted octanol–water partition coefficient (Wildman–Crippen LogP) is 0.886. The molecule has 0 atom stereocenters. The number of hydrogen-bond donors (Lipinski definition) is 1. The van der Waals surface area contributed by atoms with Crippen molar-refractivity contribution in [3.63, 3.8) is 0 Å². The SMILES string of the molecule is Cn1c(=O)c2c(nc(S(=O)(=O)CC3CC3)n2C)n(CC#Cc2ccnc(NCC3CC3)c2)c1=O. The molecule has 0 saturated heterocycles. The zero-order chi connectivity index (χ0) is 24.0.